The predicted molar refractivity (Wildman–Crippen MR) is 66.2 cm³/mol. The molecular weight excluding hydrogens is 198 g/mol. The van der Waals surface area contributed by atoms with Crippen LogP contribution < -0.4 is 5.32 Å². The number of ketones is 1. The van der Waals surface area contributed by atoms with E-state index in [4.69, 9.17) is 0 Å². The van der Waals surface area contributed by atoms with E-state index in [-0.39, 0.29) is 0 Å². The van der Waals surface area contributed by atoms with Gasteiger partial charge < -0.3 is 5.32 Å². The summed E-state index contributed by atoms with van der Waals surface area (Å²) in [6, 6.07) is 9.99. The Hall–Kier alpha value is -1.57. The lowest BCUT2D eigenvalue weighted by molar-refractivity contribution is -0.116. The zero-order valence-corrected chi connectivity index (χ0v) is 9.62. The van der Waals surface area contributed by atoms with E-state index in [1.165, 1.54) is 0 Å². The number of nitrogens with one attached hydrogen (secondary N) is 1. The van der Waals surface area contributed by atoms with Gasteiger partial charge in [-0.15, -0.1) is 0 Å². The molecule has 0 unspecified atom stereocenters. The maximum atomic E-state index is 11.7. The van der Waals surface area contributed by atoms with Crippen molar-refractivity contribution in [1.82, 2.24) is 0 Å². The first-order valence-electron chi connectivity index (χ1n) is 5.82. The summed E-state index contributed by atoms with van der Waals surface area (Å²) in [5.74, 6) is 0.312. The van der Waals surface area contributed by atoms with Crippen molar-refractivity contribution in [3.8, 4) is 0 Å². The largest absolute Gasteiger partial charge is 0.359 e. The number of hydrogen-bond donors (Lipinski definition) is 1. The third-order valence-electron chi connectivity index (χ3n) is 2.98. The molecule has 1 aromatic rings. The van der Waals surface area contributed by atoms with Crippen LogP contribution in [0.25, 0.3) is 0 Å². The zero-order valence-electron chi connectivity index (χ0n) is 9.62. The molecule has 1 aromatic carbocycles. The van der Waals surface area contributed by atoms with E-state index in [0.29, 0.717) is 12.2 Å². The topological polar surface area (TPSA) is 29.1 Å². The van der Waals surface area contributed by atoms with Crippen LogP contribution in [-0.4, -0.2) is 5.78 Å². The first-order valence-corrected chi connectivity index (χ1v) is 5.82. The second-order valence-corrected chi connectivity index (χ2v) is 4.22. The van der Waals surface area contributed by atoms with Gasteiger partial charge >= 0.3 is 0 Å². The van der Waals surface area contributed by atoms with E-state index in [1.54, 1.807) is 0 Å². The van der Waals surface area contributed by atoms with Crippen LogP contribution in [0.1, 0.15) is 32.6 Å². The van der Waals surface area contributed by atoms with E-state index in [0.717, 1.165) is 36.2 Å². The van der Waals surface area contributed by atoms with E-state index in [1.807, 2.05) is 37.3 Å². The summed E-state index contributed by atoms with van der Waals surface area (Å²) in [6.45, 7) is 1.99. The van der Waals surface area contributed by atoms with Gasteiger partial charge in [0.2, 0.25) is 0 Å². The summed E-state index contributed by atoms with van der Waals surface area (Å²) >= 11 is 0. The highest BCUT2D eigenvalue weighted by Crippen LogP contribution is 2.23. The Kier molecular flexibility index (Phi) is 3.40. The maximum Gasteiger partial charge on any atom is 0.160 e. The van der Waals surface area contributed by atoms with Crippen LogP contribution in [0.15, 0.2) is 41.6 Å². The van der Waals surface area contributed by atoms with Gasteiger partial charge in [0, 0.05) is 23.4 Å². The molecule has 1 aliphatic rings. The molecular formula is C14H17NO. The number of carbonyl (C=O) groups is 1. The minimum Gasteiger partial charge on any atom is -0.359 e. The van der Waals surface area contributed by atoms with Gasteiger partial charge in [-0.2, -0.15) is 0 Å². The van der Waals surface area contributed by atoms with Gasteiger partial charge in [-0.3, -0.25) is 4.79 Å². The molecule has 0 bridgehead atoms. The molecule has 0 spiro atoms. The molecule has 0 aliphatic heterocycles. The van der Waals surface area contributed by atoms with E-state index < -0.39 is 0 Å². The van der Waals surface area contributed by atoms with Crippen LogP contribution in [-0.2, 0) is 4.79 Å². The summed E-state index contributed by atoms with van der Waals surface area (Å²) in [5, 5.41) is 3.30. The predicted octanol–water partition coefficient (Wildman–Crippen LogP) is 3.52. The number of allylic oxidation sites excluding steroid dienone is 2. The van der Waals surface area contributed by atoms with Crippen molar-refractivity contribution in [3.05, 3.63) is 41.6 Å². The number of para-hydroxylation sites is 1. The molecule has 1 saturated carbocycles. The second kappa shape index (κ2) is 4.97. The highest BCUT2D eigenvalue weighted by Gasteiger charge is 2.17. The first kappa shape index (κ1) is 10.9. The van der Waals surface area contributed by atoms with Crippen molar-refractivity contribution in [2.45, 2.75) is 32.6 Å². The van der Waals surface area contributed by atoms with Gasteiger partial charge in [-0.05, 0) is 38.3 Å². The number of carbonyl (C=O) groups excluding carboxylic acids is 1. The summed E-state index contributed by atoms with van der Waals surface area (Å²) in [7, 11) is 0. The molecule has 84 valence electrons. The minimum atomic E-state index is 0.312. The smallest absolute Gasteiger partial charge is 0.160 e. The molecule has 0 amide bonds. The standard InChI is InChI=1S/C14H17NO/c1-11(13-9-5-6-10-14(13)16)15-12-7-3-2-4-8-12/h2-4,7-8,15H,5-6,9-10H2,1H3. The lowest BCUT2D eigenvalue weighted by atomic mass is 9.92. The van der Waals surface area contributed by atoms with E-state index in [9.17, 15) is 4.79 Å². The van der Waals surface area contributed by atoms with Gasteiger partial charge in [-0.25, -0.2) is 0 Å². The molecule has 2 heteroatoms. The Balaban J connectivity index is 2.14. The summed E-state index contributed by atoms with van der Waals surface area (Å²) in [6.07, 6.45) is 3.81. The molecule has 0 saturated heterocycles. The average Bonchev–Trinajstić information content (AvgIpc) is 2.31. The quantitative estimate of drug-likeness (QED) is 0.765. The minimum absolute atomic E-state index is 0.312. The van der Waals surface area contributed by atoms with Crippen molar-refractivity contribution in [1.29, 1.82) is 0 Å². The number of rotatable bonds is 2. The Bertz CT molecular complexity index is 406. The van der Waals surface area contributed by atoms with Gasteiger partial charge in [0.15, 0.2) is 5.78 Å². The van der Waals surface area contributed by atoms with E-state index >= 15 is 0 Å². The lowest BCUT2D eigenvalue weighted by Gasteiger charge is -2.17. The Morgan fingerprint density at radius 3 is 2.50 bits per heavy atom. The summed E-state index contributed by atoms with van der Waals surface area (Å²) < 4.78 is 0. The van der Waals surface area contributed by atoms with Crippen LogP contribution in [0, 0.1) is 0 Å². The SMILES string of the molecule is CC(Nc1ccccc1)=C1CCCCC1=O. The van der Waals surface area contributed by atoms with Crippen LogP contribution in [0.3, 0.4) is 0 Å². The molecule has 0 atom stereocenters. The molecule has 16 heavy (non-hydrogen) atoms. The maximum absolute atomic E-state index is 11.7. The summed E-state index contributed by atoms with van der Waals surface area (Å²) in [4.78, 5) is 11.7. The molecule has 1 fully saturated rings. The average molecular weight is 215 g/mol. The Labute approximate surface area is 96.4 Å². The monoisotopic (exact) mass is 215 g/mol. The third kappa shape index (κ3) is 2.51. The van der Waals surface area contributed by atoms with E-state index in [2.05, 4.69) is 5.32 Å². The highest BCUT2D eigenvalue weighted by molar-refractivity contribution is 5.97. The first-order chi connectivity index (χ1) is 7.77. The van der Waals surface area contributed by atoms with Crippen molar-refractivity contribution in [3.63, 3.8) is 0 Å². The number of anilines is 1. The number of hydrogen-bond acceptors (Lipinski definition) is 2. The van der Waals surface area contributed by atoms with Gasteiger partial charge in [0.1, 0.15) is 0 Å². The highest BCUT2D eigenvalue weighted by atomic mass is 16.1. The Morgan fingerprint density at radius 1 is 1.12 bits per heavy atom. The normalized spacial score (nSPS) is 19.4. The number of benzene rings is 1. The second-order valence-electron chi connectivity index (χ2n) is 4.22. The van der Waals surface area contributed by atoms with Crippen LogP contribution in [0.2, 0.25) is 0 Å². The van der Waals surface area contributed by atoms with Crippen LogP contribution in [0.4, 0.5) is 5.69 Å². The Morgan fingerprint density at radius 2 is 1.81 bits per heavy atom. The van der Waals surface area contributed by atoms with Gasteiger partial charge in [0.25, 0.3) is 0 Å². The van der Waals surface area contributed by atoms with Crippen molar-refractivity contribution in [2.24, 2.45) is 0 Å². The van der Waals surface area contributed by atoms with Crippen molar-refractivity contribution >= 4 is 11.5 Å². The van der Waals surface area contributed by atoms with Crippen molar-refractivity contribution in [2.75, 3.05) is 5.32 Å². The molecule has 0 heterocycles. The number of Topliss-reactive ketones (excluding diaryl/α,β-unsaturated/α-hetero) is 1. The molecule has 2 nitrogen and oxygen atoms in total. The zero-order chi connectivity index (χ0) is 11.4. The lowest BCUT2D eigenvalue weighted by Crippen LogP contribution is -2.13. The van der Waals surface area contributed by atoms with Gasteiger partial charge in [-0.1, -0.05) is 18.2 Å². The molecule has 2 rings (SSSR count). The fraction of sp³-hybridized carbons (Fsp3) is 0.357. The fourth-order valence-electron chi connectivity index (χ4n) is 2.09. The molecule has 1 aliphatic carbocycles. The van der Waals surface area contributed by atoms with Crippen LogP contribution in [0.5, 0.6) is 0 Å². The molecule has 1 N–H and O–H groups in total. The van der Waals surface area contributed by atoms with Crippen LogP contribution >= 0.6 is 0 Å². The third-order valence-corrected chi connectivity index (χ3v) is 2.98. The molecule has 0 radical (unpaired) electrons. The summed E-state index contributed by atoms with van der Waals surface area (Å²) in [5.41, 5.74) is 3.04. The fourth-order valence-corrected chi connectivity index (χ4v) is 2.09. The van der Waals surface area contributed by atoms with Crippen molar-refractivity contribution < 1.29 is 4.79 Å². The van der Waals surface area contributed by atoms with Gasteiger partial charge in [0.05, 0.1) is 0 Å². The molecule has 0 aromatic heterocycles.